The Bertz CT molecular complexity index is 1140. The lowest BCUT2D eigenvalue weighted by Gasteiger charge is -2.42. The van der Waals surface area contributed by atoms with Crippen molar-refractivity contribution in [2.24, 2.45) is 4.99 Å². The van der Waals surface area contributed by atoms with Gasteiger partial charge in [0.2, 0.25) is 11.8 Å². The number of carbonyl (C=O) groups is 2. The van der Waals surface area contributed by atoms with Crippen molar-refractivity contribution in [1.29, 1.82) is 0 Å². The molecule has 2 saturated carbocycles. The minimum Gasteiger partial charge on any atom is -0.335 e. The van der Waals surface area contributed by atoms with Gasteiger partial charge in [0.15, 0.2) is 0 Å². The van der Waals surface area contributed by atoms with Crippen LogP contribution >= 0.6 is 11.3 Å². The van der Waals surface area contributed by atoms with Crippen LogP contribution in [-0.4, -0.2) is 47.6 Å². The summed E-state index contributed by atoms with van der Waals surface area (Å²) in [5.41, 5.74) is 4.46. The molecule has 2 amide bonds. The van der Waals surface area contributed by atoms with Gasteiger partial charge in [-0.25, -0.2) is 0 Å². The van der Waals surface area contributed by atoms with E-state index in [9.17, 15) is 9.59 Å². The predicted octanol–water partition coefficient (Wildman–Crippen LogP) is 6.30. The molecule has 3 aliphatic carbocycles. The average molecular weight is 518 g/mol. The van der Waals surface area contributed by atoms with Crippen LogP contribution in [0.15, 0.2) is 35.3 Å². The monoisotopic (exact) mass is 517 g/mol. The van der Waals surface area contributed by atoms with Crippen LogP contribution in [0, 0.1) is 0 Å². The van der Waals surface area contributed by atoms with Crippen molar-refractivity contribution in [3.05, 3.63) is 51.9 Å². The van der Waals surface area contributed by atoms with E-state index in [-0.39, 0.29) is 24.9 Å². The second kappa shape index (κ2) is 11.1. The minimum atomic E-state index is -0.0497. The van der Waals surface area contributed by atoms with E-state index in [1.807, 2.05) is 23.1 Å². The van der Waals surface area contributed by atoms with Gasteiger partial charge in [0.1, 0.15) is 18.1 Å². The van der Waals surface area contributed by atoms with E-state index in [0.717, 1.165) is 60.4 Å². The fourth-order valence-electron chi connectivity index (χ4n) is 7.04. The largest absolute Gasteiger partial charge is 0.335 e. The quantitative estimate of drug-likeness (QED) is 0.467. The predicted molar refractivity (Wildman–Crippen MR) is 151 cm³/mol. The van der Waals surface area contributed by atoms with Crippen LogP contribution in [0.2, 0.25) is 0 Å². The first-order valence-electron chi connectivity index (χ1n) is 14.6. The number of rotatable bonds is 5. The number of aryl methyl sites for hydroxylation is 1. The molecular weight excluding hydrogens is 478 g/mol. The third-order valence-electron chi connectivity index (χ3n) is 8.87. The smallest absolute Gasteiger partial charge is 0.249 e. The molecule has 0 atom stereocenters. The lowest BCUT2D eigenvalue weighted by Crippen LogP contribution is -2.53. The normalized spacial score (nSPS) is 21.1. The van der Waals surface area contributed by atoms with E-state index in [1.54, 1.807) is 11.3 Å². The highest BCUT2D eigenvalue weighted by Gasteiger charge is 2.37. The number of fused-ring (bicyclic) bond motifs is 3. The van der Waals surface area contributed by atoms with Gasteiger partial charge >= 0.3 is 0 Å². The molecule has 0 radical (unpaired) electrons. The van der Waals surface area contributed by atoms with Gasteiger partial charge in [-0.2, -0.15) is 0 Å². The van der Waals surface area contributed by atoms with Crippen molar-refractivity contribution in [1.82, 2.24) is 4.90 Å². The Kier molecular flexibility index (Phi) is 7.46. The number of hydrogen-bond donors (Lipinski definition) is 0. The van der Waals surface area contributed by atoms with Gasteiger partial charge in [-0.05, 0) is 56.9 Å². The second-order valence-electron chi connectivity index (χ2n) is 11.3. The zero-order chi connectivity index (χ0) is 25.2. The van der Waals surface area contributed by atoms with Crippen molar-refractivity contribution >= 4 is 33.9 Å². The number of aliphatic imine (C=N–C) groups is 1. The molecule has 0 saturated heterocycles. The average Bonchev–Trinajstić information content (AvgIpc) is 3.26. The maximum absolute atomic E-state index is 14.2. The molecule has 2 fully saturated rings. The molecule has 2 heterocycles. The number of anilines is 1. The summed E-state index contributed by atoms with van der Waals surface area (Å²) < 4.78 is 0. The summed E-state index contributed by atoms with van der Waals surface area (Å²) in [5, 5.41) is 0.956. The topological polar surface area (TPSA) is 53.0 Å². The van der Waals surface area contributed by atoms with Gasteiger partial charge in [0.05, 0.1) is 5.71 Å². The highest BCUT2D eigenvalue weighted by molar-refractivity contribution is 7.17. The number of hydrogen-bond acceptors (Lipinski definition) is 4. The molecule has 0 unspecified atom stereocenters. The molecule has 37 heavy (non-hydrogen) atoms. The maximum atomic E-state index is 14.2. The summed E-state index contributed by atoms with van der Waals surface area (Å²) in [4.78, 5) is 38.1. The first-order chi connectivity index (χ1) is 18.2. The Balaban J connectivity index is 1.36. The van der Waals surface area contributed by atoms with Crippen molar-refractivity contribution in [3.8, 4) is 0 Å². The van der Waals surface area contributed by atoms with E-state index >= 15 is 0 Å². The van der Waals surface area contributed by atoms with Crippen molar-refractivity contribution < 1.29 is 9.59 Å². The summed E-state index contributed by atoms with van der Waals surface area (Å²) >= 11 is 1.74. The first kappa shape index (κ1) is 24.8. The molecular formula is C31H39N3O2S. The third kappa shape index (κ3) is 5.01. The van der Waals surface area contributed by atoms with Gasteiger partial charge < -0.3 is 4.90 Å². The number of benzene rings is 1. The molecule has 2 aromatic rings. The van der Waals surface area contributed by atoms with E-state index in [1.165, 1.54) is 61.8 Å². The molecule has 196 valence electrons. The van der Waals surface area contributed by atoms with Crippen LogP contribution in [0.4, 0.5) is 5.00 Å². The van der Waals surface area contributed by atoms with E-state index < -0.39 is 0 Å². The van der Waals surface area contributed by atoms with Gasteiger partial charge in [-0.3, -0.25) is 19.5 Å². The van der Waals surface area contributed by atoms with E-state index in [2.05, 4.69) is 17.0 Å². The lowest BCUT2D eigenvalue weighted by molar-refractivity contribution is -0.137. The molecule has 4 aliphatic rings. The molecule has 6 heteroatoms. The van der Waals surface area contributed by atoms with Crippen molar-refractivity contribution in [2.75, 3.05) is 18.0 Å². The SMILES string of the molecule is O=C1CN=C(c2ccccc2)c2c(sc3c2CCCC3)N1CC(=O)N(C1CCCCC1)C1CCCCC1. The van der Waals surface area contributed by atoms with Gasteiger partial charge in [-0.15, -0.1) is 11.3 Å². The number of nitrogens with zero attached hydrogens (tertiary/aromatic N) is 3. The molecule has 1 aromatic carbocycles. The fraction of sp³-hybridized carbons (Fsp3) is 0.581. The zero-order valence-corrected chi connectivity index (χ0v) is 22.7. The molecule has 6 rings (SSSR count). The number of thiophene rings is 1. The fourth-order valence-corrected chi connectivity index (χ4v) is 8.45. The third-order valence-corrected chi connectivity index (χ3v) is 10.2. The summed E-state index contributed by atoms with van der Waals surface area (Å²) in [7, 11) is 0. The number of carbonyl (C=O) groups excluding carboxylic acids is 2. The maximum Gasteiger partial charge on any atom is 0.249 e. The molecule has 0 N–H and O–H groups in total. The van der Waals surface area contributed by atoms with Crippen LogP contribution in [0.25, 0.3) is 0 Å². The summed E-state index contributed by atoms with van der Waals surface area (Å²) in [6.45, 7) is 0.246. The van der Waals surface area contributed by atoms with Crippen LogP contribution in [-0.2, 0) is 22.4 Å². The summed E-state index contributed by atoms with van der Waals surface area (Å²) in [6.07, 6.45) is 16.3. The van der Waals surface area contributed by atoms with Crippen molar-refractivity contribution in [3.63, 3.8) is 0 Å². The highest BCUT2D eigenvalue weighted by atomic mass is 32.1. The molecule has 1 aromatic heterocycles. The highest BCUT2D eigenvalue weighted by Crippen LogP contribution is 2.43. The van der Waals surface area contributed by atoms with E-state index in [4.69, 9.17) is 4.99 Å². The Morgan fingerprint density at radius 2 is 1.54 bits per heavy atom. The molecule has 0 bridgehead atoms. The Labute approximate surface area is 225 Å². The second-order valence-corrected chi connectivity index (χ2v) is 12.4. The summed E-state index contributed by atoms with van der Waals surface area (Å²) in [6, 6.07) is 10.9. The summed E-state index contributed by atoms with van der Waals surface area (Å²) in [5.74, 6) is 0.0963. The van der Waals surface area contributed by atoms with Crippen LogP contribution in [0.5, 0.6) is 0 Å². The molecule has 1 aliphatic heterocycles. The molecule has 0 spiro atoms. The van der Waals surface area contributed by atoms with Crippen molar-refractivity contribution in [2.45, 2.75) is 102 Å². The number of amides is 2. The van der Waals surface area contributed by atoms with Gasteiger partial charge in [-0.1, -0.05) is 68.9 Å². The van der Waals surface area contributed by atoms with Crippen LogP contribution in [0.1, 0.15) is 98.6 Å². The minimum absolute atomic E-state index is 0.0497. The first-order valence-corrected chi connectivity index (χ1v) is 15.4. The lowest BCUT2D eigenvalue weighted by atomic mass is 9.88. The molecule has 5 nitrogen and oxygen atoms in total. The van der Waals surface area contributed by atoms with E-state index in [0.29, 0.717) is 12.1 Å². The Morgan fingerprint density at radius 3 is 2.22 bits per heavy atom. The van der Waals surface area contributed by atoms with Gasteiger partial charge in [0.25, 0.3) is 0 Å². The standard InChI is InChI=1S/C31H39N3O2S/c35-27-20-32-30(22-12-4-1-5-13-22)29-25-18-10-11-19-26(25)37-31(29)33(27)21-28(36)34(23-14-6-2-7-15-23)24-16-8-3-9-17-24/h1,4-5,12-13,23-24H,2-3,6-11,14-21H2. The Hall–Kier alpha value is -2.47. The van der Waals surface area contributed by atoms with Crippen LogP contribution < -0.4 is 4.90 Å². The van der Waals surface area contributed by atoms with Gasteiger partial charge in [0, 0.05) is 28.1 Å². The zero-order valence-electron chi connectivity index (χ0n) is 21.9. The van der Waals surface area contributed by atoms with Crippen LogP contribution in [0.3, 0.4) is 0 Å². The Morgan fingerprint density at radius 1 is 0.892 bits per heavy atom.